The molecule has 0 aromatic heterocycles. The van der Waals surface area contributed by atoms with Gasteiger partial charge in [0.2, 0.25) is 0 Å². The van der Waals surface area contributed by atoms with E-state index in [9.17, 15) is 5.11 Å². The zero-order valence-corrected chi connectivity index (χ0v) is 7.17. The van der Waals surface area contributed by atoms with E-state index in [1.165, 1.54) is 0 Å². The van der Waals surface area contributed by atoms with E-state index in [1.54, 1.807) is 0 Å². The summed E-state index contributed by atoms with van der Waals surface area (Å²) < 4.78 is 0. The summed E-state index contributed by atoms with van der Waals surface area (Å²) >= 11 is 0. The number of nitriles is 1. The van der Waals surface area contributed by atoms with Crippen molar-refractivity contribution in [3.05, 3.63) is 0 Å². The van der Waals surface area contributed by atoms with Crippen molar-refractivity contribution >= 4 is 0 Å². The molecule has 1 rings (SSSR count). The third kappa shape index (κ3) is 1.54. The second-order valence-electron chi connectivity index (χ2n) is 3.67. The van der Waals surface area contributed by atoms with Crippen molar-refractivity contribution in [2.24, 2.45) is 11.3 Å². The van der Waals surface area contributed by atoms with Crippen LogP contribution in [0.5, 0.6) is 0 Å². The standard InChI is InChI=1S/C9H15NO/c1-3-9(2,6-10)8(11)7-4-5-7/h7-8,11H,3-5H2,1-2H3. The van der Waals surface area contributed by atoms with Crippen LogP contribution in [-0.4, -0.2) is 11.2 Å². The summed E-state index contributed by atoms with van der Waals surface area (Å²) in [7, 11) is 0. The van der Waals surface area contributed by atoms with Crippen LogP contribution in [0.3, 0.4) is 0 Å². The van der Waals surface area contributed by atoms with E-state index in [-0.39, 0.29) is 0 Å². The SMILES string of the molecule is CCC(C)(C#N)C(O)C1CC1. The lowest BCUT2D eigenvalue weighted by Crippen LogP contribution is -2.31. The van der Waals surface area contributed by atoms with Gasteiger partial charge in [-0.1, -0.05) is 6.92 Å². The molecule has 62 valence electrons. The Balaban J connectivity index is 2.60. The molecule has 0 saturated heterocycles. The first-order valence-corrected chi connectivity index (χ1v) is 4.23. The molecule has 0 bridgehead atoms. The zero-order valence-electron chi connectivity index (χ0n) is 7.17. The molecule has 2 atom stereocenters. The molecular formula is C9H15NO. The van der Waals surface area contributed by atoms with Crippen molar-refractivity contribution in [2.75, 3.05) is 0 Å². The molecule has 2 unspecified atom stereocenters. The van der Waals surface area contributed by atoms with Gasteiger partial charge in [0.05, 0.1) is 17.6 Å². The summed E-state index contributed by atoms with van der Waals surface area (Å²) in [5.74, 6) is 0.402. The quantitative estimate of drug-likeness (QED) is 0.670. The topological polar surface area (TPSA) is 44.0 Å². The number of rotatable bonds is 3. The molecule has 0 heterocycles. The van der Waals surface area contributed by atoms with Crippen LogP contribution in [0.25, 0.3) is 0 Å². The van der Waals surface area contributed by atoms with Crippen molar-refractivity contribution in [1.29, 1.82) is 5.26 Å². The third-order valence-electron chi connectivity index (χ3n) is 2.71. The first-order chi connectivity index (χ1) is 5.14. The normalized spacial score (nSPS) is 25.3. The van der Waals surface area contributed by atoms with Crippen LogP contribution in [0.4, 0.5) is 0 Å². The van der Waals surface area contributed by atoms with Crippen molar-refractivity contribution in [2.45, 2.75) is 39.2 Å². The molecule has 1 N–H and O–H groups in total. The Morgan fingerprint density at radius 3 is 2.55 bits per heavy atom. The van der Waals surface area contributed by atoms with Crippen molar-refractivity contribution < 1.29 is 5.11 Å². The van der Waals surface area contributed by atoms with Crippen molar-refractivity contribution in [1.82, 2.24) is 0 Å². The molecular weight excluding hydrogens is 138 g/mol. The van der Waals surface area contributed by atoms with Gasteiger partial charge in [-0.25, -0.2) is 0 Å². The summed E-state index contributed by atoms with van der Waals surface area (Å²) in [5, 5.41) is 18.5. The lowest BCUT2D eigenvalue weighted by molar-refractivity contribution is 0.0531. The molecule has 0 amide bonds. The second kappa shape index (κ2) is 2.83. The molecule has 1 saturated carbocycles. The maximum absolute atomic E-state index is 9.69. The first-order valence-electron chi connectivity index (χ1n) is 4.23. The van der Waals surface area contributed by atoms with Gasteiger partial charge < -0.3 is 5.11 Å². The lowest BCUT2D eigenvalue weighted by atomic mass is 9.81. The number of hydrogen-bond acceptors (Lipinski definition) is 2. The number of aliphatic hydroxyl groups is 1. The fourth-order valence-corrected chi connectivity index (χ4v) is 1.29. The van der Waals surface area contributed by atoms with Gasteiger partial charge >= 0.3 is 0 Å². The predicted octanol–water partition coefficient (Wildman–Crippen LogP) is 1.70. The molecule has 2 nitrogen and oxygen atoms in total. The maximum atomic E-state index is 9.69. The number of aliphatic hydroxyl groups excluding tert-OH is 1. The van der Waals surface area contributed by atoms with E-state index in [2.05, 4.69) is 6.07 Å². The van der Waals surface area contributed by atoms with Crippen LogP contribution in [-0.2, 0) is 0 Å². The van der Waals surface area contributed by atoms with Gasteiger partial charge in [0.15, 0.2) is 0 Å². The predicted molar refractivity (Wildman–Crippen MR) is 42.7 cm³/mol. The van der Waals surface area contributed by atoms with Gasteiger partial charge in [0.25, 0.3) is 0 Å². The zero-order chi connectivity index (χ0) is 8.48. The van der Waals surface area contributed by atoms with Gasteiger partial charge in [-0.3, -0.25) is 0 Å². The van der Waals surface area contributed by atoms with Gasteiger partial charge in [-0.05, 0) is 32.1 Å². The molecule has 0 aliphatic heterocycles. The largest absolute Gasteiger partial charge is 0.391 e. The van der Waals surface area contributed by atoms with Gasteiger partial charge in [0.1, 0.15) is 0 Å². The Labute approximate surface area is 67.8 Å². The van der Waals surface area contributed by atoms with E-state index >= 15 is 0 Å². The summed E-state index contributed by atoms with van der Waals surface area (Å²) in [6.45, 7) is 3.80. The van der Waals surface area contributed by atoms with E-state index in [1.807, 2.05) is 13.8 Å². The smallest absolute Gasteiger partial charge is 0.0804 e. The van der Waals surface area contributed by atoms with E-state index in [0.717, 1.165) is 19.3 Å². The Morgan fingerprint density at radius 2 is 2.27 bits per heavy atom. The first kappa shape index (κ1) is 8.55. The highest BCUT2D eigenvalue weighted by atomic mass is 16.3. The minimum absolute atomic E-state index is 0.402. The highest BCUT2D eigenvalue weighted by Crippen LogP contribution is 2.41. The summed E-state index contributed by atoms with van der Waals surface area (Å²) in [4.78, 5) is 0. The van der Waals surface area contributed by atoms with Crippen LogP contribution in [0, 0.1) is 22.7 Å². The second-order valence-corrected chi connectivity index (χ2v) is 3.67. The number of nitrogens with zero attached hydrogens (tertiary/aromatic N) is 1. The fraction of sp³-hybridized carbons (Fsp3) is 0.889. The maximum Gasteiger partial charge on any atom is 0.0804 e. The summed E-state index contributed by atoms with van der Waals surface area (Å²) in [6.07, 6.45) is 2.52. The minimum Gasteiger partial charge on any atom is -0.391 e. The highest BCUT2D eigenvalue weighted by molar-refractivity contribution is 5.04. The van der Waals surface area contributed by atoms with Gasteiger partial charge in [0, 0.05) is 0 Å². The van der Waals surface area contributed by atoms with Crippen molar-refractivity contribution in [3.63, 3.8) is 0 Å². The molecule has 0 spiro atoms. The van der Waals surface area contributed by atoms with Crippen LogP contribution in [0.15, 0.2) is 0 Å². The Kier molecular flexibility index (Phi) is 2.20. The summed E-state index contributed by atoms with van der Waals surface area (Å²) in [5.41, 5.74) is -0.513. The average Bonchev–Trinajstić information content (AvgIpc) is 2.84. The molecule has 1 fully saturated rings. The Morgan fingerprint density at radius 1 is 1.73 bits per heavy atom. The monoisotopic (exact) mass is 153 g/mol. The van der Waals surface area contributed by atoms with Crippen LogP contribution in [0.1, 0.15) is 33.1 Å². The molecule has 0 radical (unpaired) electrons. The Hall–Kier alpha value is -0.550. The van der Waals surface area contributed by atoms with Crippen LogP contribution >= 0.6 is 0 Å². The van der Waals surface area contributed by atoms with Crippen molar-refractivity contribution in [3.8, 4) is 6.07 Å². The third-order valence-corrected chi connectivity index (χ3v) is 2.71. The molecule has 1 aliphatic carbocycles. The molecule has 2 heteroatoms. The average molecular weight is 153 g/mol. The molecule has 1 aliphatic rings. The molecule has 0 aromatic rings. The Bertz CT molecular complexity index is 180. The molecule has 11 heavy (non-hydrogen) atoms. The van der Waals surface area contributed by atoms with E-state index < -0.39 is 11.5 Å². The molecule has 0 aromatic carbocycles. The lowest BCUT2D eigenvalue weighted by Gasteiger charge is -2.25. The minimum atomic E-state index is -0.513. The fourth-order valence-electron chi connectivity index (χ4n) is 1.29. The van der Waals surface area contributed by atoms with E-state index in [0.29, 0.717) is 5.92 Å². The van der Waals surface area contributed by atoms with Crippen LogP contribution in [0.2, 0.25) is 0 Å². The van der Waals surface area contributed by atoms with Gasteiger partial charge in [-0.15, -0.1) is 0 Å². The summed E-state index contributed by atoms with van der Waals surface area (Å²) in [6, 6.07) is 2.20. The highest BCUT2D eigenvalue weighted by Gasteiger charge is 2.41. The number of hydrogen-bond donors (Lipinski definition) is 1. The van der Waals surface area contributed by atoms with E-state index in [4.69, 9.17) is 5.26 Å². The van der Waals surface area contributed by atoms with Crippen LogP contribution < -0.4 is 0 Å². The van der Waals surface area contributed by atoms with Gasteiger partial charge in [-0.2, -0.15) is 5.26 Å².